The molecule has 110 valence electrons. The summed E-state index contributed by atoms with van der Waals surface area (Å²) >= 11 is 6.35. The average molecular weight is 298 g/mol. The summed E-state index contributed by atoms with van der Waals surface area (Å²) in [5, 5.41) is 11.2. The van der Waals surface area contributed by atoms with E-state index >= 15 is 0 Å². The van der Waals surface area contributed by atoms with Gasteiger partial charge in [0.15, 0.2) is 5.75 Å². The Morgan fingerprint density at radius 2 is 2.10 bits per heavy atom. The van der Waals surface area contributed by atoms with Crippen LogP contribution >= 0.6 is 11.6 Å². The Morgan fingerprint density at radius 3 is 2.60 bits per heavy atom. The average Bonchev–Trinajstić information content (AvgIpc) is 2.39. The molecular weight excluding hydrogens is 278 g/mol. The van der Waals surface area contributed by atoms with Gasteiger partial charge in [-0.2, -0.15) is 0 Å². The van der Waals surface area contributed by atoms with Crippen molar-refractivity contribution < 1.29 is 9.66 Å². The lowest BCUT2D eigenvalue weighted by Gasteiger charge is -2.52. The molecule has 1 aromatic rings. The molecule has 0 radical (unpaired) electrons. The summed E-state index contributed by atoms with van der Waals surface area (Å²) in [6.07, 6.45) is 2.54. The van der Waals surface area contributed by atoms with Crippen LogP contribution in [0.2, 0.25) is 0 Å². The smallest absolute Gasteiger partial charge is 0.310 e. The van der Waals surface area contributed by atoms with Crippen molar-refractivity contribution in [2.24, 2.45) is 5.41 Å². The largest absolute Gasteiger partial charge is 0.483 e. The van der Waals surface area contributed by atoms with E-state index in [1.165, 1.54) is 6.07 Å². The third-order valence-electron chi connectivity index (χ3n) is 4.58. The zero-order chi connectivity index (χ0) is 14.9. The SMILES string of the molecule is CCC1(CC)C(Cl)CC1Oc1cc(C)ccc1[N+](=O)[O-]. The van der Waals surface area contributed by atoms with Gasteiger partial charge < -0.3 is 4.74 Å². The number of hydrogen-bond acceptors (Lipinski definition) is 3. The molecule has 2 atom stereocenters. The second kappa shape index (κ2) is 5.60. The van der Waals surface area contributed by atoms with Crippen LogP contribution in [0.15, 0.2) is 18.2 Å². The predicted octanol–water partition coefficient (Wildman–Crippen LogP) is 4.47. The monoisotopic (exact) mass is 297 g/mol. The molecule has 1 aromatic carbocycles. The standard InChI is InChI=1S/C15H20ClNO3/c1-4-15(5-2)13(16)9-14(15)20-12-8-10(3)6-7-11(12)17(18)19/h6-8,13-14H,4-5,9H2,1-3H3. The van der Waals surface area contributed by atoms with E-state index in [0.717, 1.165) is 24.8 Å². The van der Waals surface area contributed by atoms with Crippen molar-refractivity contribution in [1.82, 2.24) is 0 Å². The van der Waals surface area contributed by atoms with E-state index in [-0.39, 0.29) is 22.6 Å². The van der Waals surface area contributed by atoms with Crippen molar-refractivity contribution in [3.05, 3.63) is 33.9 Å². The maximum absolute atomic E-state index is 11.1. The molecule has 0 N–H and O–H groups in total. The number of halogens is 1. The Hall–Kier alpha value is -1.29. The van der Waals surface area contributed by atoms with Gasteiger partial charge in [-0.3, -0.25) is 10.1 Å². The van der Waals surface area contributed by atoms with Crippen LogP contribution in [0.25, 0.3) is 0 Å². The van der Waals surface area contributed by atoms with Gasteiger partial charge in [-0.25, -0.2) is 0 Å². The Balaban J connectivity index is 2.27. The molecule has 0 aliphatic heterocycles. The highest BCUT2D eigenvalue weighted by atomic mass is 35.5. The van der Waals surface area contributed by atoms with Crippen LogP contribution in [0.3, 0.4) is 0 Å². The summed E-state index contributed by atoms with van der Waals surface area (Å²) in [7, 11) is 0. The third kappa shape index (κ3) is 2.37. The number of alkyl halides is 1. The number of nitro groups is 1. The Morgan fingerprint density at radius 1 is 1.45 bits per heavy atom. The first-order valence-corrected chi connectivity index (χ1v) is 7.44. The Labute approximate surface area is 124 Å². The Bertz CT molecular complexity index is 514. The fourth-order valence-corrected chi connectivity index (χ4v) is 3.64. The zero-order valence-corrected chi connectivity index (χ0v) is 12.8. The molecule has 0 amide bonds. The summed E-state index contributed by atoms with van der Waals surface area (Å²) < 4.78 is 5.97. The number of benzene rings is 1. The maximum Gasteiger partial charge on any atom is 0.310 e. The summed E-state index contributed by atoms with van der Waals surface area (Å²) in [5.41, 5.74) is 0.903. The number of nitro benzene ring substituents is 1. The molecule has 1 aliphatic carbocycles. The summed E-state index contributed by atoms with van der Waals surface area (Å²) in [4.78, 5) is 10.7. The van der Waals surface area contributed by atoms with E-state index in [4.69, 9.17) is 16.3 Å². The molecule has 0 saturated heterocycles. The van der Waals surface area contributed by atoms with Crippen LogP contribution in [0.4, 0.5) is 5.69 Å². The second-order valence-electron chi connectivity index (χ2n) is 5.48. The van der Waals surface area contributed by atoms with Crippen LogP contribution < -0.4 is 4.74 Å². The van der Waals surface area contributed by atoms with E-state index in [1.54, 1.807) is 12.1 Å². The highest BCUT2D eigenvalue weighted by molar-refractivity contribution is 6.21. The number of nitrogens with zero attached hydrogens (tertiary/aromatic N) is 1. The summed E-state index contributed by atoms with van der Waals surface area (Å²) in [5.74, 6) is 0.356. The van der Waals surface area contributed by atoms with Crippen molar-refractivity contribution in [3.8, 4) is 5.75 Å². The lowest BCUT2D eigenvalue weighted by atomic mass is 9.62. The summed E-state index contributed by atoms with van der Waals surface area (Å²) in [6.45, 7) is 6.09. The molecule has 20 heavy (non-hydrogen) atoms. The first-order valence-electron chi connectivity index (χ1n) is 7.00. The maximum atomic E-state index is 11.1. The van der Waals surface area contributed by atoms with E-state index < -0.39 is 4.92 Å². The van der Waals surface area contributed by atoms with Crippen LogP contribution in [0.5, 0.6) is 5.75 Å². The molecule has 5 heteroatoms. The molecule has 0 spiro atoms. The van der Waals surface area contributed by atoms with Gasteiger partial charge in [-0.1, -0.05) is 19.9 Å². The minimum absolute atomic E-state index is 0.0229. The van der Waals surface area contributed by atoms with Crippen LogP contribution in [0, 0.1) is 22.5 Å². The van der Waals surface area contributed by atoms with Gasteiger partial charge in [-0.05, 0) is 31.4 Å². The van der Waals surface area contributed by atoms with Gasteiger partial charge in [0.05, 0.1) is 4.92 Å². The third-order valence-corrected chi connectivity index (χ3v) is 5.20. The molecule has 0 heterocycles. The van der Waals surface area contributed by atoms with Crippen molar-refractivity contribution >= 4 is 17.3 Å². The van der Waals surface area contributed by atoms with E-state index in [0.29, 0.717) is 5.75 Å². The fraction of sp³-hybridized carbons (Fsp3) is 0.600. The Kier molecular flexibility index (Phi) is 4.23. The highest BCUT2D eigenvalue weighted by Gasteiger charge is 2.53. The topological polar surface area (TPSA) is 52.4 Å². The van der Waals surface area contributed by atoms with E-state index in [9.17, 15) is 10.1 Å². The van der Waals surface area contributed by atoms with Crippen molar-refractivity contribution in [1.29, 1.82) is 0 Å². The minimum Gasteiger partial charge on any atom is -0.483 e. The number of ether oxygens (including phenoxy) is 1. The highest BCUT2D eigenvalue weighted by Crippen LogP contribution is 2.52. The van der Waals surface area contributed by atoms with Gasteiger partial charge >= 0.3 is 5.69 Å². The molecule has 2 unspecified atom stereocenters. The van der Waals surface area contributed by atoms with Crippen LogP contribution in [-0.2, 0) is 0 Å². The minimum atomic E-state index is -0.398. The van der Waals surface area contributed by atoms with Gasteiger partial charge in [0.2, 0.25) is 0 Å². The molecular formula is C15H20ClNO3. The molecule has 1 fully saturated rings. The molecule has 2 rings (SSSR count). The number of aryl methyl sites for hydroxylation is 1. The lowest BCUT2D eigenvalue weighted by Crippen LogP contribution is -2.56. The second-order valence-corrected chi connectivity index (χ2v) is 6.01. The molecule has 1 aliphatic rings. The van der Waals surface area contributed by atoms with Gasteiger partial charge in [-0.15, -0.1) is 11.6 Å². The predicted molar refractivity (Wildman–Crippen MR) is 79.5 cm³/mol. The zero-order valence-electron chi connectivity index (χ0n) is 12.1. The molecule has 0 bridgehead atoms. The van der Waals surface area contributed by atoms with Gasteiger partial charge in [0.25, 0.3) is 0 Å². The van der Waals surface area contributed by atoms with Crippen molar-refractivity contribution in [2.75, 3.05) is 0 Å². The molecule has 0 aromatic heterocycles. The van der Waals surface area contributed by atoms with Gasteiger partial charge in [0, 0.05) is 23.3 Å². The first-order chi connectivity index (χ1) is 9.44. The quantitative estimate of drug-likeness (QED) is 0.458. The van der Waals surface area contributed by atoms with E-state index in [2.05, 4.69) is 13.8 Å². The fourth-order valence-electron chi connectivity index (χ4n) is 3.03. The van der Waals surface area contributed by atoms with Crippen molar-refractivity contribution in [2.45, 2.75) is 51.5 Å². The van der Waals surface area contributed by atoms with Crippen molar-refractivity contribution in [3.63, 3.8) is 0 Å². The number of hydrogen-bond donors (Lipinski definition) is 0. The molecule has 4 nitrogen and oxygen atoms in total. The number of rotatable bonds is 5. The summed E-state index contributed by atoms with van der Waals surface area (Å²) in [6, 6.07) is 4.96. The first kappa shape index (κ1) is 15.1. The lowest BCUT2D eigenvalue weighted by molar-refractivity contribution is -0.386. The van der Waals surface area contributed by atoms with E-state index in [1.807, 2.05) is 6.92 Å². The molecule has 1 saturated carbocycles. The van der Waals surface area contributed by atoms with Crippen LogP contribution in [-0.4, -0.2) is 16.4 Å². The normalized spacial score (nSPS) is 24.0. The van der Waals surface area contributed by atoms with Crippen LogP contribution in [0.1, 0.15) is 38.7 Å². The van der Waals surface area contributed by atoms with Gasteiger partial charge in [0.1, 0.15) is 6.10 Å².